The van der Waals surface area contributed by atoms with Crippen molar-refractivity contribution >= 4 is 11.6 Å². The summed E-state index contributed by atoms with van der Waals surface area (Å²) in [6, 6.07) is 6.25. The maximum atomic E-state index is 9.41. The molecule has 2 aromatic rings. The van der Waals surface area contributed by atoms with E-state index in [2.05, 4.69) is 33.4 Å². The van der Waals surface area contributed by atoms with E-state index in [0.29, 0.717) is 5.95 Å². The summed E-state index contributed by atoms with van der Waals surface area (Å²) in [5.74, 6) is 0.727. The van der Waals surface area contributed by atoms with E-state index in [9.17, 15) is 5.11 Å². The lowest BCUT2D eigenvalue weighted by Gasteiger charge is -2.22. The number of anilines is 2. The monoisotopic (exact) mass is 230 g/mol. The molecule has 88 valence electrons. The van der Waals surface area contributed by atoms with E-state index in [-0.39, 0.29) is 5.88 Å². The molecule has 1 aromatic heterocycles. The first kappa shape index (κ1) is 10.0. The Balaban J connectivity index is 2.14. The molecule has 2 heterocycles. The van der Waals surface area contributed by atoms with E-state index >= 15 is 0 Å². The van der Waals surface area contributed by atoms with Crippen LogP contribution in [0.2, 0.25) is 0 Å². The van der Waals surface area contributed by atoms with Crippen molar-refractivity contribution in [2.45, 2.75) is 6.54 Å². The quantitative estimate of drug-likeness (QED) is 0.780. The fourth-order valence-electron chi connectivity index (χ4n) is 2.08. The Morgan fingerprint density at radius 3 is 3.00 bits per heavy atom. The number of hydrogen-bond acceptors (Lipinski definition) is 4. The van der Waals surface area contributed by atoms with Crippen LogP contribution in [0.15, 0.2) is 24.4 Å². The van der Waals surface area contributed by atoms with E-state index in [0.717, 1.165) is 12.2 Å². The Labute approximate surface area is 99.3 Å². The zero-order valence-electron chi connectivity index (χ0n) is 9.81. The molecule has 0 atom stereocenters. The number of fused-ring (bicyclic) bond motifs is 3. The minimum absolute atomic E-state index is 0.0389. The predicted octanol–water partition coefficient (Wildman–Crippen LogP) is 1.57. The fraction of sp³-hybridized carbons (Fsp3) is 0.250. The average Bonchev–Trinajstić information content (AvgIpc) is 2.69. The molecule has 3 rings (SSSR count). The highest BCUT2D eigenvalue weighted by molar-refractivity contribution is 5.60. The van der Waals surface area contributed by atoms with Crippen LogP contribution in [0.4, 0.5) is 11.6 Å². The Hall–Kier alpha value is -2.17. The minimum Gasteiger partial charge on any atom is -0.492 e. The van der Waals surface area contributed by atoms with Gasteiger partial charge in [-0.1, -0.05) is 0 Å². The molecular weight excluding hydrogens is 216 g/mol. The highest BCUT2D eigenvalue weighted by atomic mass is 16.3. The largest absolute Gasteiger partial charge is 0.492 e. The van der Waals surface area contributed by atoms with Crippen LogP contribution in [0.5, 0.6) is 5.88 Å². The van der Waals surface area contributed by atoms with Gasteiger partial charge in [-0.2, -0.15) is 4.98 Å². The van der Waals surface area contributed by atoms with Crippen LogP contribution in [0, 0.1) is 0 Å². The summed E-state index contributed by atoms with van der Waals surface area (Å²) >= 11 is 0. The SMILES string of the molecule is CN(C)c1ccc2c(c1)CNc1nc(O)cn1-2. The van der Waals surface area contributed by atoms with Gasteiger partial charge in [-0.05, 0) is 23.8 Å². The molecule has 5 heteroatoms. The minimum atomic E-state index is 0.0389. The van der Waals surface area contributed by atoms with E-state index < -0.39 is 0 Å². The molecule has 0 aliphatic carbocycles. The van der Waals surface area contributed by atoms with Crippen LogP contribution in [-0.2, 0) is 6.54 Å². The fourth-order valence-corrected chi connectivity index (χ4v) is 2.08. The molecule has 5 nitrogen and oxygen atoms in total. The van der Waals surface area contributed by atoms with E-state index in [1.807, 2.05) is 18.7 Å². The van der Waals surface area contributed by atoms with Crippen molar-refractivity contribution in [1.29, 1.82) is 0 Å². The van der Waals surface area contributed by atoms with Gasteiger partial charge < -0.3 is 15.3 Å². The highest BCUT2D eigenvalue weighted by Crippen LogP contribution is 2.30. The zero-order valence-corrected chi connectivity index (χ0v) is 9.81. The summed E-state index contributed by atoms with van der Waals surface area (Å²) in [6.07, 6.45) is 1.62. The van der Waals surface area contributed by atoms with Crippen LogP contribution < -0.4 is 10.2 Å². The van der Waals surface area contributed by atoms with Gasteiger partial charge in [0.05, 0.1) is 11.9 Å². The molecule has 0 unspecified atom stereocenters. The molecule has 0 saturated carbocycles. The summed E-state index contributed by atoms with van der Waals surface area (Å²) in [6.45, 7) is 0.730. The Morgan fingerprint density at radius 2 is 2.24 bits per heavy atom. The molecule has 2 N–H and O–H groups in total. The number of imidazole rings is 1. The highest BCUT2D eigenvalue weighted by Gasteiger charge is 2.17. The Morgan fingerprint density at radius 1 is 1.41 bits per heavy atom. The number of rotatable bonds is 1. The lowest BCUT2D eigenvalue weighted by Crippen LogP contribution is -2.16. The second-order valence-corrected chi connectivity index (χ2v) is 4.35. The second-order valence-electron chi connectivity index (χ2n) is 4.35. The van der Waals surface area contributed by atoms with Gasteiger partial charge in [0.15, 0.2) is 0 Å². The molecule has 0 radical (unpaired) electrons. The van der Waals surface area contributed by atoms with Gasteiger partial charge in [0.25, 0.3) is 0 Å². The first-order valence-electron chi connectivity index (χ1n) is 5.48. The number of nitrogens with one attached hydrogen (secondary N) is 1. The summed E-state index contributed by atoms with van der Waals surface area (Å²) in [4.78, 5) is 6.08. The molecule has 0 spiro atoms. The van der Waals surface area contributed by atoms with Crippen molar-refractivity contribution in [3.8, 4) is 11.6 Å². The molecule has 0 amide bonds. The topological polar surface area (TPSA) is 53.3 Å². The number of benzene rings is 1. The summed E-state index contributed by atoms with van der Waals surface area (Å²) in [5.41, 5.74) is 3.43. The third-order valence-electron chi connectivity index (χ3n) is 2.97. The predicted molar refractivity (Wildman–Crippen MR) is 66.9 cm³/mol. The van der Waals surface area contributed by atoms with Gasteiger partial charge in [-0.25, -0.2) is 0 Å². The van der Waals surface area contributed by atoms with Crippen molar-refractivity contribution in [3.05, 3.63) is 30.0 Å². The van der Waals surface area contributed by atoms with Crippen molar-refractivity contribution < 1.29 is 5.11 Å². The lowest BCUT2D eigenvalue weighted by atomic mass is 10.1. The third kappa shape index (κ3) is 1.51. The standard InChI is InChI=1S/C12H14N4O/c1-15(2)9-3-4-10-8(5-9)6-13-12-14-11(17)7-16(10)12/h3-5,7,17H,6H2,1-2H3,(H,13,14). The lowest BCUT2D eigenvalue weighted by molar-refractivity contribution is 0.456. The summed E-state index contributed by atoms with van der Waals surface area (Å²) < 4.78 is 1.87. The molecular formula is C12H14N4O. The molecule has 0 saturated heterocycles. The van der Waals surface area contributed by atoms with Crippen LogP contribution in [0.3, 0.4) is 0 Å². The molecule has 1 aliphatic rings. The third-order valence-corrected chi connectivity index (χ3v) is 2.97. The molecule has 1 aliphatic heterocycles. The van der Waals surface area contributed by atoms with Gasteiger partial charge in [0.2, 0.25) is 11.8 Å². The molecule has 0 fully saturated rings. The number of aromatic nitrogens is 2. The van der Waals surface area contributed by atoms with Crippen LogP contribution >= 0.6 is 0 Å². The molecule has 1 aromatic carbocycles. The van der Waals surface area contributed by atoms with E-state index in [1.54, 1.807) is 6.20 Å². The van der Waals surface area contributed by atoms with Gasteiger partial charge >= 0.3 is 0 Å². The summed E-state index contributed by atoms with van der Waals surface area (Å²) in [7, 11) is 4.04. The first-order valence-corrected chi connectivity index (χ1v) is 5.48. The summed E-state index contributed by atoms with van der Waals surface area (Å²) in [5, 5.41) is 12.6. The number of hydrogen-bond donors (Lipinski definition) is 2. The zero-order chi connectivity index (χ0) is 12.0. The number of aromatic hydroxyl groups is 1. The first-order chi connectivity index (χ1) is 8.15. The second kappa shape index (κ2) is 3.41. The molecule has 0 bridgehead atoms. The van der Waals surface area contributed by atoms with Crippen molar-refractivity contribution in [1.82, 2.24) is 9.55 Å². The van der Waals surface area contributed by atoms with Gasteiger partial charge in [0.1, 0.15) is 0 Å². The van der Waals surface area contributed by atoms with Crippen LogP contribution in [-0.4, -0.2) is 28.8 Å². The maximum Gasteiger partial charge on any atom is 0.231 e. The Bertz CT molecular complexity index is 574. The van der Waals surface area contributed by atoms with Gasteiger partial charge in [-0.3, -0.25) is 4.57 Å². The normalized spacial score (nSPS) is 12.6. The van der Waals surface area contributed by atoms with Gasteiger partial charge in [0, 0.05) is 26.3 Å². The van der Waals surface area contributed by atoms with Crippen molar-refractivity contribution in [3.63, 3.8) is 0 Å². The average molecular weight is 230 g/mol. The number of nitrogens with zero attached hydrogens (tertiary/aromatic N) is 3. The van der Waals surface area contributed by atoms with E-state index in [4.69, 9.17) is 0 Å². The van der Waals surface area contributed by atoms with Crippen molar-refractivity contribution in [2.75, 3.05) is 24.3 Å². The van der Waals surface area contributed by atoms with Crippen LogP contribution in [0.25, 0.3) is 5.69 Å². The van der Waals surface area contributed by atoms with Gasteiger partial charge in [-0.15, -0.1) is 0 Å². The smallest absolute Gasteiger partial charge is 0.231 e. The van der Waals surface area contributed by atoms with E-state index in [1.165, 1.54) is 11.3 Å². The molecule has 17 heavy (non-hydrogen) atoms. The van der Waals surface area contributed by atoms with Crippen molar-refractivity contribution in [2.24, 2.45) is 0 Å². The maximum absolute atomic E-state index is 9.41. The Kier molecular flexibility index (Phi) is 2.01. The van der Waals surface area contributed by atoms with Crippen LogP contribution in [0.1, 0.15) is 5.56 Å².